The molecule has 1 atom stereocenters. The zero-order valence-corrected chi connectivity index (χ0v) is 11.6. The smallest absolute Gasteiger partial charge is 0.141 e. The molecule has 1 rings (SSSR count). The van der Waals surface area contributed by atoms with E-state index in [0.29, 0.717) is 0 Å². The van der Waals surface area contributed by atoms with E-state index in [2.05, 4.69) is 32.2 Å². The van der Waals surface area contributed by atoms with Crippen LogP contribution in [0.1, 0.15) is 26.3 Å². The molecule has 0 aliphatic rings. The number of hydrogen-bond donors (Lipinski definition) is 1. The molecule has 1 unspecified atom stereocenters. The lowest BCUT2D eigenvalue weighted by molar-refractivity contribution is 0.425. The molecule has 1 N–H and O–H groups in total. The predicted molar refractivity (Wildman–Crippen MR) is 75.0 cm³/mol. The number of thioether (sulfide) groups is 1. The molecule has 2 nitrogen and oxygen atoms in total. The summed E-state index contributed by atoms with van der Waals surface area (Å²) in [4.78, 5) is 0. The normalized spacial score (nSPS) is 14.3. The van der Waals surface area contributed by atoms with E-state index >= 15 is 0 Å². The lowest BCUT2D eigenvalue weighted by Gasteiger charge is -2.30. The Labute approximate surface area is 108 Å². The molecule has 0 amide bonds. The van der Waals surface area contributed by atoms with Gasteiger partial charge < -0.3 is 0 Å². The first kappa shape index (κ1) is 14.1. The van der Waals surface area contributed by atoms with Gasteiger partial charge in [0.2, 0.25) is 0 Å². The summed E-state index contributed by atoms with van der Waals surface area (Å²) in [6.07, 6.45) is 0. The molecule has 0 aliphatic carbocycles. The Kier molecular flexibility index (Phi) is 5.54. The number of nitrogens with one attached hydrogen (secondary N) is 1. The SMILES string of the molecule is CCSCC(C#N)(NC(C)C)c1ccccc1. The highest BCUT2D eigenvalue weighted by Gasteiger charge is 2.32. The summed E-state index contributed by atoms with van der Waals surface area (Å²) in [5.74, 6) is 1.80. The maximum Gasteiger partial charge on any atom is 0.141 e. The molecule has 1 aromatic rings. The van der Waals surface area contributed by atoms with Gasteiger partial charge in [-0.2, -0.15) is 17.0 Å². The molecule has 3 heteroatoms. The van der Waals surface area contributed by atoms with Gasteiger partial charge in [-0.1, -0.05) is 37.3 Å². The third-order valence-electron chi connectivity index (χ3n) is 2.52. The van der Waals surface area contributed by atoms with Crippen LogP contribution in [0.15, 0.2) is 30.3 Å². The molecule has 0 aliphatic heterocycles. The maximum atomic E-state index is 9.58. The van der Waals surface area contributed by atoms with Crippen LogP contribution in [0.2, 0.25) is 0 Å². The zero-order chi connectivity index (χ0) is 12.7. The average molecular weight is 248 g/mol. The van der Waals surface area contributed by atoms with E-state index in [1.807, 2.05) is 30.3 Å². The predicted octanol–water partition coefficient (Wildman–Crippen LogP) is 3.16. The Hall–Kier alpha value is -0.980. The molecule has 17 heavy (non-hydrogen) atoms. The first-order chi connectivity index (χ1) is 8.14. The summed E-state index contributed by atoms with van der Waals surface area (Å²) in [5, 5.41) is 13.0. The van der Waals surface area contributed by atoms with Gasteiger partial charge >= 0.3 is 0 Å². The molecule has 92 valence electrons. The van der Waals surface area contributed by atoms with Crippen molar-refractivity contribution in [1.29, 1.82) is 5.26 Å². The van der Waals surface area contributed by atoms with Crippen molar-refractivity contribution in [2.24, 2.45) is 0 Å². The summed E-state index contributed by atoms with van der Waals surface area (Å²) in [6.45, 7) is 6.27. The highest BCUT2D eigenvalue weighted by Crippen LogP contribution is 2.25. The molecule has 0 bridgehead atoms. The Bertz CT molecular complexity index is 370. The number of rotatable bonds is 6. The molecule has 0 saturated heterocycles. The summed E-state index contributed by atoms with van der Waals surface area (Å²) in [6, 6.07) is 12.7. The second-order valence-corrected chi connectivity index (χ2v) is 5.59. The van der Waals surface area contributed by atoms with Gasteiger partial charge in [-0.3, -0.25) is 5.32 Å². The summed E-state index contributed by atoms with van der Waals surface area (Å²) >= 11 is 1.79. The first-order valence-corrected chi connectivity index (χ1v) is 7.12. The van der Waals surface area contributed by atoms with E-state index in [9.17, 15) is 5.26 Å². The second kappa shape index (κ2) is 6.68. The summed E-state index contributed by atoms with van der Waals surface area (Å²) in [5.41, 5.74) is 0.480. The Morgan fingerprint density at radius 3 is 2.47 bits per heavy atom. The summed E-state index contributed by atoms with van der Waals surface area (Å²) < 4.78 is 0. The van der Waals surface area contributed by atoms with E-state index in [0.717, 1.165) is 17.1 Å². The van der Waals surface area contributed by atoms with Gasteiger partial charge in [-0.15, -0.1) is 0 Å². The van der Waals surface area contributed by atoms with Gasteiger partial charge in [0, 0.05) is 11.8 Å². The average Bonchev–Trinajstić information content (AvgIpc) is 2.35. The van der Waals surface area contributed by atoms with Gasteiger partial charge in [0.1, 0.15) is 5.54 Å². The fraction of sp³-hybridized carbons (Fsp3) is 0.500. The van der Waals surface area contributed by atoms with Gasteiger partial charge in [0.15, 0.2) is 0 Å². The zero-order valence-electron chi connectivity index (χ0n) is 10.7. The van der Waals surface area contributed by atoms with Crippen LogP contribution in [-0.2, 0) is 5.54 Å². The lowest BCUT2D eigenvalue weighted by atomic mass is 9.92. The van der Waals surface area contributed by atoms with Crippen molar-refractivity contribution < 1.29 is 0 Å². The van der Waals surface area contributed by atoms with E-state index < -0.39 is 5.54 Å². The maximum absolute atomic E-state index is 9.58. The van der Waals surface area contributed by atoms with Crippen LogP contribution in [-0.4, -0.2) is 17.5 Å². The van der Waals surface area contributed by atoms with Crippen molar-refractivity contribution in [1.82, 2.24) is 5.32 Å². The second-order valence-electron chi connectivity index (χ2n) is 4.32. The first-order valence-electron chi connectivity index (χ1n) is 5.97. The van der Waals surface area contributed by atoms with Crippen molar-refractivity contribution in [3.05, 3.63) is 35.9 Å². The van der Waals surface area contributed by atoms with Crippen LogP contribution in [0.25, 0.3) is 0 Å². The Balaban J connectivity index is 3.03. The quantitative estimate of drug-likeness (QED) is 0.840. The third kappa shape index (κ3) is 3.76. The highest BCUT2D eigenvalue weighted by atomic mass is 32.2. The summed E-state index contributed by atoms with van der Waals surface area (Å²) in [7, 11) is 0. The van der Waals surface area contributed by atoms with Crippen molar-refractivity contribution in [3.8, 4) is 6.07 Å². The fourth-order valence-corrected chi connectivity index (χ4v) is 2.63. The minimum atomic E-state index is -0.573. The minimum Gasteiger partial charge on any atom is -0.293 e. The van der Waals surface area contributed by atoms with Crippen molar-refractivity contribution in [2.75, 3.05) is 11.5 Å². The van der Waals surface area contributed by atoms with Crippen molar-refractivity contribution in [3.63, 3.8) is 0 Å². The Morgan fingerprint density at radius 2 is 2.00 bits per heavy atom. The van der Waals surface area contributed by atoms with E-state index in [4.69, 9.17) is 0 Å². The molecule has 1 aromatic carbocycles. The molecule has 0 spiro atoms. The molecule has 0 radical (unpaired) electrons. The molecule has 0 saturated carbocycles. The monoisotopic (exact) mass is 248 g/mol. The highest BCUT2D eigenvalue weighted by molar-refractivity contribution is 7.99. The van der Waals surface area contributed by atoms with Crippen LogP contribution in [0, 0.1) is 11.3 Å². The molecular weight excluding hydrogens is 228 g/mol. The largest absolute Gasteiger partial charge is 0.293 e. The van der Waals surface area contributed by atoms with Gasteiger partial charge in [-0.25, -0.2) is 0 Å². The van der Waals surface area contributed by atoms with Crippen LogP contribution in [0.4, 0.5) is 0 Å². The van der Waals surface area contributed by atoms with Crippen LogP contribution < -0.4 is 5.32 Å². The molecular formula is C14H20N2S. The molecule has 0 fully saturated rings. The van der Waals surface area contributed by atoms with Gasteiger partial charge in [0.05, 0.1) is 6.07 Å². The minimum absolute atomic E-state index is 0.285. The number of benzene rings is 1. The van der Waals surface area contributed by atoms with E-state index in [-0.39, 0.29) is 6.04 Å². The van der Waals surface area contributed by atoms with Crippen LogP contribution in [0.5, 0.6) is 0 Å². The van der Waals surface area contributed by atoms with Crippen molar-refractivity contribution >= 4 is 11.8 Å². The van der Waals surface area contributed by atoms with Crippen LogP contribution >= 0.6 is 11.8 Å². The number of nitrogens with zero attached hydrogens (tertiary/aromatic N) is 1. The lowest BCUT2D eigenvalue weighted by Crippen LogP contribution is -2.47. The topological polar surface area (TPSA) is 35.8 Å². The fourth-order valence-electron chi connectivity index (χ4n) is 1.81. The standard InChI is InChI=1S/C14H20N2S/c1-4-17-11-14(10-15,16-12(2)3)13-8-6-5-7-9-13/h5-9,12,16H,4,11H2,1-3H3. The van der Waals surface area contributed by atoms with Gasteiger partial charge in [0.25, 0.3) is 0 Å². The molecule has 0 heterocycles. The van der Waals surface area contributed by atoms with Crippen LogP contribution in [0.3, 0.4) is 0 Å². The Morgan fingerprint density at radius 1 is 1.35 bits per heavy atom. The van der Waals surface area contributed by atoms with Crippen molar-refractivity contribution in [2.45, 2.75) is 32.4 Å². The number of hydrogen-bond acceptors (Lipinski definition) is 3. The van der Waals surface area contributed by atoms with Gasteiger partial charge in [-0.05, 0) is 25.2 Å². The van der Waals surface area contributed by atoms with E-state index in [1.54, 1.807) is 11.8 Å². The van der Waals surface area contributed by atoms with E-state index in [1.165, 1.54) is 0 Å². The number of nitriles is 1. The third-order valence-corrected chi connectivity index (χ3v) is 3.56. The molecule has 0 aromatic heterocycles.